The van der Waals surface area contributed by atoms with Crippen LogP contribution in [0.5, 0.6) is 0 Å². The number of aliphatic hydroxyl groups excluding tert-OH is 1. The third kappa shape index (κ3) is 5.04. The lowest BCUT2D eigenvalue weighted by atomic mass is 9.84. The molecule has 2 saturated heterocycles. The minimum Gasteiger partial charge on any atom is -0.389 e. The fourth-order valence-corrected chi connectivity index (χ4v) is 6.66. The van der Waals surface area contributed by atoms with Gasteiger partial charge in [-0.1, -0.05) is 51.3 Å². The predicted molar refractivity (Wildman–Crippen MR) is 155 cm³/mol. The predicted octanol–water partition coefficient (Wildman–Crippen LogP) is 5.39. The molecule has 7 heteroatoms. The average Bonchev–Trinajstić information content (AvgIpc) is 3.42. The zero-order valence-electron chi connectivity index (χ0n) is 21.3. The van der Waals surface area contributed by atoms with Gasteiger partial charge in [0.25, 0.3) is 0 Å². The van der Waals surface area contributed by atoms with Gasteiger partial charge in [0.1, 0.15) is 11.4 Å². The Hall–Kier alpha value is -3.00. The molecule has 210 valence electrons. The molecular formula is C32H42FN3O3. The van der Waals surface area contributed by atoms with Crippen LogP contribution < -0.4 is 4.90 Å². The summed E-state index contributed by atoms with van der Waals surface area (Å²) in [4.78, 5) is 20.3. The molecule has 2 atom stereocenters. The Bertz CT molecular complexity index is 1280. The number of aliphatic hydroxyl groups is 1. The van der Waals surface area contributed by atoms with E-state index in [1.165, 1.54) is 34.0 Å². The second-order valence-electron chi connectivity index (χ2n) is 10.5. The van der Waals surface area contributed by atoms with Crippen molar-refractivity contribution in [3.05, 3.63) is 77.6 Å². The highest BCUT2D eigenvalue weighted by molar-refractivity contribution is 5.94. The second kappa shape index (κ2) is 11.6. The number of piperidine rings is 1. The lowest BCUT2D eigenvalue weighted by Gasteiger charge is -2.45. The highest BCUT2D eigenvalue weighted by Crippen LogP contribution is 2.45. The van der Waals surface area contributed by atoms with Gasteiger partial charge in [-0.2, -0.15) is 0 Å². The van der Waals surface area contributed by atoms with Crippen molar-refractivity contribution in [3.63, 3.8) is 0 Å². The summed E-state index contributed by atoms with van der Waals surface area (Å²) >= 11 is 0. The molecule has 0 saturated carbocycles. The molecule has 6 nitrogen and oxygen atoms in total. The summed E-state index contributed by atoms with van der Waals surface area (Å²) < 4.78 is 19.1. The number of hydrogen-bond donors (Lipinski definition) is 1. The Balaban J connectivity index is 0.00000176. The van der Waals surface area contributed by atoms with Crippen LogP contribution in [0.25, 0.3) is 10.8 Å². The first-order valence-corrected chi connectivity index (χ1v) is 13.3. The lowest BCUT2D eigenvalue weighted by Crippen LogP contribution is -2.57. The molecule has 3 aliphatic rings. The van der Waals surface area contributed by atoms with Gasteiger partial charge in [0, 0.05) is 31.4 Å². The van der Waals surface area contributed by atoms with Gasteiger partial charge in [-0.05, 0) is 72.4 Å². The SMILES string of the molecule is C.C.CCOC[C@H](O)CN1CN(c2ccc(F)cc2)C2(CCN([C@@H]3Cc4cccc5cccc3c45)CC2)C1=O. The number of nitrogens with zero attached hydrogens (tertiary/aromatic N) is 3. The van der Waals surface area contributed by atoms with E-state index in [0.29, 0.717) is 32.2 Å². The van der Waals surface area contributed by atoms with Gasteiger partial charge in [-0.3, -0.25) is 9.69 Å². The van der Waals surface area contributed by atoms with Crippen molar-refractivity contribution in [2.45, 2.75) is 58.7 Å². The van der Waals surface area contributed by atoms with Crippen LogP contribution >= 0.6 is 0 Å². The molecule has 1 spiro atoms. The molecule has 2 fully saturated rings. The molecule has 2 aliphatic heterocycles. The number of carbonyl (C=O) groups excluding carboxylic acids is 1. The van der Waals surface area contributed by atoms with Crippen LogP contribution in [0.1, 0.15) is 51.8 Å². The number of amides is 1. The molecule has 0 unspecified atom stereocenters. The normalized spacial score (nSPS) is 20.8. The van der Waals surface area contributed by atoms with Crippen LogP contribution in [-0.4, -0.2) is 72.0 Å². The molecule has 39 heavy (non-hydrogen) atoms. The van der Waals surface area contributed by atoms with E-state index in [0.717, 1.165) is 25.2 Å². The Morgan fingerprint density at radius 1 is 1.05 bits per heavy atom. The number of hydrogen-bond acceptors (Lipinski definition) is 5. The number of likely N-dealkylation sites (tertiary alicyclic amines) is 1. The molecule has 1 aliphatic carbocycles. The van der Waals surface area contributed by atoms with E-state index in [1.54, 1.807) is 17.0 Å². The van der Waals surface area contributed by atoms with Crippen LogP contribution in [0, 0.1) is 5.82 Å². The summed E-state index contributed by atoms with van der Waals surface area (Å²) in [5.41, 5.74) is 2.93. The zero-order valence-corrected chi connectivity index (χ0v) is 21.3. The monoisotopic (exact) mass is 535 g/mol. The molecule has 0 bridgehead atoms. The van der Waals surface area contributed by atoms with E-state index in [-0.39, 0.29) is 39.7 Å². The largest absolute Gasteiger partial charge is 0.389 e. The number of carbonyl (C=O) groups is 1. The van der Waals surface area contributed by atoms with Gasteiger partial charge in [0.2, 0.25) is 5.91 Å². The average molecular weight is 536 g/mol. The molecule has 3 aromatic carbocycles. The molecule has 2 heterocycles. The molecule has 1 N–H and O–H groups in total. The van der Waals surface area contributed by atoms with Crippen LogP contribution in [0.3, 0.4) is 0 Å². The van der Waals surface area contributed by atoms with Crippen molar-refractivity contribution < 1.29 is 19.0 Å². The van der Waals surface area contributed by atoms with Crippen LogP contribution in [0.15, 0.2) is 60.7 Å². The summed E-state index contributed by atoms with van der Waals surface area (Å²) in [5, 5.41) is 13.2. The van der Waals surface area contributed by atoms with Crippen molar-refractivity contribution in [1.82, 2.24) is 9.80 Å². The Kier molecular flexibility index (Phi) is 8.64. The van der Waals surface area contributed by atoms with Crippen LogP contribution in [0.4, 0.5) is 10.1 Å². The first-order valence-electron chi connectivity index (χ1n) is 13.3. The maximum absolute atomic E-state index is 13.9. The number of β-amino-alcohol motifs (C(OH)–C–C–N with tert-alkyl or cyclic N) is 1. The first-order chi connectivity index (χ1) is 18.0. The van der Waals surface area contributed by atoms with Gasteiger partial charge in [0.15, 0.2) is 0 Å². The molecule has 0 radical (unpaired) electrons. The van der Waals surface area contributed by atoms with Crippen molar-refractivity contribution in [2.75, 3.05) is 44.4 Å². The van der Waals surface area contributed by atoms with Crippen molar-refractivity contribution in [3.8, 4) is 0 Å². The summed E-state index contributed by atoms with van der Waals surface area (Å²) in [6, 6.07) is 19.9. The minimum absolute atomic E-state index is 0. The number of halogens is 1. The van der Waals surface area contributed by atoms with E-state index in [9.17, 15) is 14.3 Å². The summed E-state index contributed by atoms with van der Waals surface area (Å²) in [5.74, 6) is -0.249. The topological polar surface area (TPSA) is 56.3 Å². The maximum atomic E-state index is 13.9. The van der Waals surface area contributed by atoms with Gasteiger partial charge < -0.3 is 19.6 Å². The Morgan fingerprint density at radius 2 is 1.74 bits per heavy atom. The fraction of sp³-hybridized carbons (Fsp3) is 0.469. The summed E-state index contributed by atoms with van der Waals surface area (Å²) in [6.45, 7) is 4.80. The van der Waals surface area contributed by atoms with Gasteiger partial charge >= 0.3 is 0 Å². The molecule has 6 rings (SSSR count). The quantitative estimate of drug-likeness (QED) is 0.440. The lowest BCUT2D eigenvalue weighted by molar-refractivity contribution is -0.135. The van der Waals surface area contributed by atoms with E-state index in [1.807, 2.05) is 6.92 Å². The minimum atomic E-state index is -0.744. The summed E-state index contributed by atoms with van der Waals surface area (Å²) in [7, 11) is 0. The third-order valence-electron chi connectivity index (χ3n) is 8.46. The standard InChI is InChI=1S/C30H34FN3O3.2CH4/c1-2-37-19-25(35)18-33-20-34(24-11-9-23(31)10-12-24)30(29(33)36)13-15-32(16-14-30)27-17-22-7-3-5-21-6-4-8-26(27)28(21)22;;/h3-12,25,27,35H,2,13-20H2,1H3;2*1H4/t25-,27-;;/m1../s1. The van der Waals surface area contributed by atoms with Gasteiger partial charge in [0.05, 0.1) is 25.9 Å². The molecule has 3 aromatic rings. The number of benzene rings is 3. The Morgan fingerprint density at radius 3 is 2.44 bits per heavy atom. The number of anilines is 1. The third-order valence-corrected chi connectivity index (χ3v) is 8.46. The van der Waals surface area contributed by atoms with Gasteiger partial charge in [-0.25, -0.2) is 4.39 Å². The smallest absolute Gasteiger partial charge is 0.250 e. The Labute approximate surface area is 232 Å². The highest BCUT2D eigenvalue weighted by Gasteiger charge is 2.54. The molecular weight excluding hydrogens is 493 g/mol. The van der Waals surface area contributed by atoms with Crippen molar-refractivity contribution in [1.29, 1.82) is 0 Å². The zero-order chi connectivity index (χ0) is 25.6. The van der Waals surface area contributed by atoms with E-state index in [4.69, 9.17) is 4.74 Å². The van der Waals surface area contributed by atoms with E-state index < -0.39 is 11.6 Å². The molecule has 0 aromatic heterocycles. The van der Waals surface area contributed by atoms with E-state index >= 15 is 0 Å². The number of ether oxygens (including phenoxy) is 1. The van der Waals surface area contributed by atoms with Crippen LogP contribution in [-0.2, 0) is 16.0 Å². The highest BCUT2D eigenvalue weighted by atomic mass is 19.1. The van der Waals surface area contributed by atoms with E-state index in [2.05, 4.69) is 46.2 Å². The van der Waals surface area contributed by atoms with Crippen LogP contribution in [0.2, 0.25) is 0 Å². The van der Waals surface area contributed by atoms with Crippen molar-refractivity contribution in [2.24, 2.45) is 0 Å². The number of rotatable bonds is 7. The molecule has 1 amide bonds. The first kappa shape index (κ1) is 29.0. The summed E-state index contributed by atoms with van der Waals surface area (Å²) in [6.07, 6.45) is 1.62. The van der Waals surface area contributed by atoms with Gasteiger partial charge in [-0.15, -0.1) is 0 Å². The van der Waals surface area contributed by atoms with Crippen molar-refractivity contribution >= 4 is 22.4 Å². The fourth-order valence-electron chi connectivity index (χ4n) is 6.66. The maximum Gasteiger partial charge on any atom is 0.250 e. The second-order valence-corrected chi connectivity index (χ2v) is 10.5.